The van der Waals surface area contributed by atoms with Crippen LogP contribution in [0.4, 0.5) is 0 Å². The summed E-state index contributed by atoms with van der Waals surface area (Å²) in [5.74, 6) is 2.57. The number of hydrogen-bond donors (Lipinski definition) is 1. The van der Waals surface area contributed by atoms with Gasteiger partial charge < -0.3 is 24.3 Å². The van der Waals surface area contributed by atoms with Gasteiger partial charge in [0.25, 0.3) is 0 Å². The highest BCUT2D eigenvalue weighted by Crippen LogP contribution is 2.43. The van der Waals surface area contributed by atoms with Crippen LogP contribution in [0.2, 0.25) is 0 Å². The van der Waals surface area contributed by atoms with Crippen molar-refractivity contribution in [3.63, 3.8) is 0 Å². The van der Waals surface area contributed by atoms with Crippen molar-refractivity contribution in [3.05, 3.63) is 17.7 Å². The van der Waals surface area contributed by atoms with Crippen LogP contribution >= 0.6 is 0 Å². The highest BCUT2D eigenvalue weighted by atomic mass is 16.5. The minimum Gasteiger partial charge on any atom is -0.496 e. The summed E-state index contributed by atoms with van der Waals surface area (Å²) in [4.78, 5) is 0. The largest absolute Gasteiger partial charge is 0.496 e. The van der Waals surface area contributed by atoms with E-state index in [0.717, 1.165) is 37.3 Å². The van der Waals surface area contributed by atoms with E-state index >= 15 is 0 Å². The Morgan fingerprint density at radius 3 is 2.38 bits per heavy atom. The van der Waals surface area contributed by atoms with Gasteiger partial charge in [-0.15, -0.1) is 0 Å². The molecule has 1 fully saturated rings. The van der Waals surface area contributed by atoms with Crippen molar-refractivity contribution in [2.24, 2.45) is 5.92 Å². The maximum Gasteiger partial charge on any atom is 0.164 e. The summed E-state index contributed by atoms with van der Waals surface area (Å²) in [6, 6.07) is 3.83. The molecule has 1 aliphatic rings. The van der Waals surface area contributed by atoms with Crippen molar-refractivity contribution in [1.82, 2.24) is 5.32 Å². The third-order valence-corrected chi connectivity index (χ3v) is 3.95. The molecule has 0 aliphatic carbocycles. The molecule has 0 saturated carbocycles. The van der Waals surface area contributed by atoms with Crippen molar-refractivity contribution in [1.29, 1.82) is 0 Å². The fourth-order valence-corrected chi connectivity index (χ4v) is 2.93. The minimum atomic E-state index is 0.0148. The monoisotopic (exact) mass is 295 g/mol. The fraction of sp³-hybridized carbons (Fsp3) is 0.625. The van der Waals surface area contributed by atoms with Gasteiger partial charge in [0.15, 0.2) is 11.5 Å². The summed E-state index contributed by atoms with van der Waals surface area (Å²) in [5.41, 5.74) is 1.02. The van der Waals surface area contributed by atoms with Gasteiger partial charge in [0.05, 0.1) is 27.4 Å². The molecule has 1 heterocycles. The zero-order valence-corrected chi connectivity index (χ0v) is 13.3. The number of nitrogens with one attached hydrogen (secondary N) is 1. The predicted molar refractivity (Wildman–Crippen MR) is 81.4 cm³/mol. The molecule has 118 valence electrons. The quantitative estimate of drug-likeness (QED) is 0.873. The zero-order valence-electron chi connectivity index (χ0n) is 13.3. The number of ether oxygens (including phenoxy) is 4. The lowest BCUT2D eigenvalue weighted by atomic mass is 9.88. The van der Waals surface area contributed by atoms with Crippen molar-refractivity contribution in [2.45, 2.75) is 18.9 Å². The van der Waals surface area contributed by atoms with E-state index in [1.54, 1.807) is 21.3 Å². The second-order valence-corrected chi connectivity index (χ2v) is 5.20. The van der Waals surface area contributed by atoms with E-state index in [1.165, 1.54) is 0 Å². The van der Waals surface area contributed by atoms with Gasteiger partial charge in [-0.1, -0.05) is 0 Å². The molecular weight excluding hydrogens is 270 g/mol. The number of methoxy groups -OCH3 is 3. The summed E-state index contributed by atoms with van der Waals surface area (Å²) in [6.45, 7) is 1.70. The van der Waals surface area contributed by atoms with Gasteiger partial charge in [-0.2, -0.15) is 0 Å². The summed E-state index contributed by atoms with van der Waals surface area (Å²) in [7, 11) is 6.90. The van der Waals surface area contributed by atoms with Crippen LogP contribution in [-0.4, -0.2) is 41.5 Å². The second-order valence-electron chi connectivity index (χ2n) is 5.20. The number of hydrogen-bond acceptors (Lipinski definition) is 5. The van der Waals surface area contributed by atoms with Gasteiger partial charge in [0.2, 0.25) is 0 Å². The zero-order chi connectivity index (χ0) is 15.2. The molecular formula is C16H25NO4. The summed E-state index contributed by atoms with van der Waals surface area (Å²) >= 11 is 0. The van der Waals surface area contributed by atoms with Crippen molar-refractivity contribution < 1.29 is 18.9 Å². The third-order valence-electron chi connectivity index (χ3n) is 3.95. The molecule has 1 aromatic carbocycles. The number of rotatable bonds is 6. The molecule has 2 rings (SSSR count). The van der Waals surface area contributed by atoms with Crippen LogP contribution in [0, 0.1) is 5.92 Å². The molecule has 21 heavy (non-hydrogen) atoms. The Morgan fingerprint density at radius 1 is 1.10 bits per heavy atom. The first kappa shape index (κ1) is 15.9. The molecule has 0 amide bonds. The third kappa shape index (κ3) is 3.41. The van der Waals surface area contributed by atoms with Gasteiger partial charge >= 0.3 is 0 Å². The van der Waals surface area contributed by atoms with E-state index < -0.39 is 0 Å². The molecule has 0 spiro atoms. The van der Waals surface area contributed by atoms with E-state index in [0.29, 0.717) is 17.4 Å². The molecule has 1 saturated heterocycles. The van der Waals surface area contributed by atoms with Gasteiger partial charge in [0, 0.05) is 30.7 Å². The molecule has 0 radical (unpaired) electrons. The van der Waals surface area contributed by atoms with Crippen molar-refractivity contribution in [2.75, 3.05) is 41.5 Å². The van der Waals surface area contributed by atoms with E-state index in [1.807, 2.05) is 19.2 Å². The van der Waals surface area contributed by atoms with Crippen LogP contribution in [0.1, 0.15) is 24.5 Å². The Labute approximate surface area is 126 Å². The summed E-state index contributed by atoms with van der Waals surface area (Å²) in [6.07, 6.45) is 2.25. The second kappa shape index (κ2) is 7.52. The SMILES string of the molecule is CNCC1CCCOC1c1cc(OC)c(OC)cc1OC. The molecule has 0 aromatic heterocycles. The van der Waals surface area contributed by atoms with E-state index in [9.17, 15) is 0 Å². The Hall–Kier alpha value is -1.46. The molecule has 1 aliphatic heterocycles. The molecule has 2 unspecified atom stereocenters. The number of benzene rings is 1. The maximum absolute atomic E-state index is 6.03. The average Bonchev–Trinajstić information content (AvgIpc) is 2.54. The Balaban J connectivity index is 2.39. The molecule has 0 bridgehead atoms. The molecule has 1 aromatic rings. The van der Waals surface area contributed by atoms with Crippen LogP contribution in [0.3, 0.4) is 0 Å². The van der Waals surface area contributed by atoms with Crippen molar-refractivity contribution in [3.8, 4) is 17.2 Å². The minimum absolute atomic E-state index is 0.0148. The van der Waals surface area contributed by atoms with E-state index in [4.69, 9.17) is 18.9 Å². The average molecular weight is 295 g/mol. The molecule has 2 atom stereocenters. The van der Waals surface area contributed by atoms with Gasteiger partial charge in [-0.25, -0.2) is 0 Å². The molecule has 1 N–H and O–H groups in total. The maximum atomic E-state index is 6.03. The fourth-order valence-electron chi connectivity index (χ4n) is 2.93. The van der Waals surface area contributed by atoms with Crippen LogP contribution in [0.15, 0.2) is 12.1 Å². The first-order chi connectivity index (χ1) is 10.2. The van der Waals surface area contributed by atoms with Crippen molar-refractivity contribution >= 4 is 0 Å². The molecule has 5 heteroatoms. The lowest BCUT2D eigenvalue weighted by molar-refractivity contribution is -0.0285. The van der Waals surface area contributed by atoms with E-state index in [-0.39, 0.29) is 6.10 Å². The Kier molecular flexibility index (Phi) is 5.70. The Morgan fingerprint density at radius 2 is 1.76 bits per heavy atom. The lowest BCUT2D eigenvalue weighted by Gasteiger charge is -2.33. The van der Waals surface area contributed by atoms with Crippen LogP contribution < -0.4 is 19.5 Å². The van der Waals surface area contributed by atoms with Gasteiger partial charge in [0.1, 0.15) is 5.75 Å². The standard InChI is InChI=1S/C16H25NO4/c1-17-10-11-6-5-7-21-16(11)12-8-14(19-3)15(20-4)9-13(12)18-2/h8-9,11,16-17H,5-7,10H2,1-4H3. The van der Waals surface area contributed by atoms with Crippen LogP contribution in [0.25, 0.3) is 0 Å². The first-order valence-corrected chi connectivity index (χ1v) is 7.31. The topological polar surface area (TPSA) is 49.0 Å². The Bertz CT molecular complexity index is 462. The normalized spacial score (nSPS) is 21.9. The smallest absolute Gasteiger partial charge is 0.164 e. The van der Waals surface area contributed by atoms with E-state index in [2.05, 4.69) is 5.32 Å². The van der Waals surface area contributed by atoms with Crippen LogP contribution in [0.5, 0.6) is 17.2 Å². The summed E-state index contributed by atoms with van der Waals surface area (Å²) < 4.78 is 22.3. The van der Waals surface area contributed by atoms with Gasteiger partial charge in [-0.3, -0.25) is 0 Å². The predicted octanol–water partition coefficient (Wildman–Crippen LogP) is 2.40. The molecule has 5 nitrogen and oxygen atoms in total. The van der Waals surface area contributed by atoms with Gasteiger partial charge in [-0.05, 0) is 26.0 Å². The highest BCUT2D eigenvalue weighted by Gasteiger charge is 2.30. The van der Waals surface area contributed by atoms with Crippen LogP contribution in [-0.2, 0) is 4.74 Å². The highest BCUT2D eigenvalue weighted by molar-refractivity contribution is 5.51. The first-order valence-electron chi connectivity index (χ1n) is 7.31. The summed E-state index contributed by atoms with van der Waals surface area (Å²) in [5, 5.41) is 3.25. The lowest BCUT2D eigenvalue weighted by Crippen LogP contribution is -2.30.